The first-order valence-corrected chi connectivity index (χ1v) is 9.26. The van der Waals surface area contributed by atoms with Gasteiger partial charge in [-0.15, -0.1) is 12.4 Å². The largest absolute Gasteiger partial charge is 0.342 e. The van der Waals surface area contributed by atoms with Crippen LogP contribution in [0.25, 0.3) is 0 Å². The van der Waals surface area contributed by atoms with Crippen molar-refractivity contribution in [3.63, 3.8) is 0 Å². The molecule has 1 N–H and O–H groups in total. The van der Waals surface area contributed by atoms with Crippen LogP contribution < -0.4 is 5.32 Å². The SMILES string of the molecule is CNC1CCN(C(=O)C2(c3cccc(Cl)c3)CCCCC2)CC1.Cl. The number of nitrogens with zero attached hydrogens (tertiary/aromatic N) is 1. The Balaban J connectivity index is 0.00000208. The molecule has 1 heterocycles. The van der Waals surface area contributed by atoms with Crippen molar-refractivity contribution in [3.05, 3.63) is 34.9 Å². The van der Waals surface area contributed by atoms with Gasteiger partial charge in [-0.3, -0.25) is 4.79 Å². The Morgan fingerprint density at radius 3 is 2.46 bits per heavy atom. The van der Waals surface area contributed by atoms with Crippen LogP contribution in [-0.4, -0.2) is 37.0 Å². The minimum Gasteiger partial charge on any atom is -0.342 e. The second-order valence-electron chi connectivity index (χ2n) is 7.01. The molecule has 0 radical (unpaired) electrons. The van der Waals surface area contributed by atoms with Crippen molar-refractivity contribution in [2.75, 3.05) is 20.1 Å². The summed E-state index contributed by atoms with van der Waals surface area (Å²) in [5.41, 5.74) is 0.765. The molecule has 0 atom stereocenters. The lowest BCUT2D eigenvalue weighted by Gasteiger charge is -2.42. The summed E-state index contributed by atoms with van der Waals surface area (Å²) < 4.78 is 0. The number of halogens is 2. The van der Waals surface area contributed by atoms with E-state index >= 15 is 0 Å². The van der Waals surface area contributed by atoms with Crippen LogP contribution in [0.3, 0.4) is 0 Å². The first-order valence-electron chi connectivity index (χ1n) is 8.88. The van der Waals surface area contributed by atoms with Crippen LogP contribution in [0.2, 0.25) is 5.02 Å². The Bertz CT molecular complexity index is 550. The highest BCUT2D eigenvalue weighted by atomic mass is 35.5. The van der Waals surface area contributed by atoms with Crippen LogP contribution in [0.5, 0.6) is 0 Å². The number of rotatable bonds is 3. The highest BCUT2D eigenvalue weighted by molar-refractivity contribution is 6.30. The summed E-state index contributed by atoms with van der Waals surface area (Å²) in [6.07, 6.45) is 7.51. The molecule has 134 valence electrons. The third-order valence-electron chi connectivity index (χ3n) is 5.68. The van der Waals surface area contributed by atoms with E-state index in [-0.39, 0.29) is 17.8 Å². The van der Waals surface area contributed by atoms with Crippen LogP contribution in [0.15, 0.2) is 24.3 Å². The molecule has 3 rings (SSSR count). The van der Waals surface area contributed by atoms with Crippen LogP contribution >= 0.6 is 24.0 Å². The molecule has 1 aliphatic heterocycles. The number of amides is 1. The molecule has 3 nitrogen and oxygen atoms in total. The maximum Gasteiger partial charge on any atom is 0.233 e. The lowest BCUT2D eigenvalue weighted by atomic mass is 9.68. The average molecular weight is 371 g/mol. The molecule has 0 aromatic heterocycles. The molecule has 0 bridgehead atoms. The van der Waals surface area contributed by atoms with Gasteiger partial charge in [-0.25, -0.2) is 0 Å². The first kappa shape index (κ1) is 19.6. The summed E-state index contributed by atoms with van der Waals surface area (Å²) >= 11 is 6.22. The average Bonchev–Trinajstić information content (AvgIpc) is 2.62. The van der Waals surface area contributed by atoms with Crippen LogP contribution in [0.4, 0.5) is 0 Å². The summed E-state index contributed by atoms with van der Waals surface area (Å²) in [5, 5.41) is 4.07. The molecular formula is C19H28Cl2N2O. The zero-order valence-corrected chi connectivity index (χ0v) is 16.0. The number of nitrogens with one attached hydrogen (secondary N) is 1. The lowest BCUT2D eigenvalue weighted by Crippen LogP contribution is -2.52. The van der Waals surface area contributed by atoms with E-state index < -0.39 is 0 Å². The molecular weight excluding hydrogens is 343 g/mol. The summed E-state index contributed by atoms with van der Waals surface area (Å²) in [4.78, 5) is 15.5. The summed E-state index contributed by atoms with van der Waals surface area (Å²) in [6.45, 7) is 1.74. The Labute approximate surface area is 156 Å². The minimum atomic E-state index is -0.352. The second kappa shape index (κ2) is 8.55. The second-order valence-corrected chi connectivity index (χ2v) is 7.44. The van der Waals surface area contributed by atoms with Gasteiger partial charge in [0.05, 0.1) is 5.41 Å². The maximum absolute atomic E-state index is 13.4. The topological polar surface area (TPSA) is 32.3 Å². The molecule has 1 aromatic rings. The van der Waals surface area contributed by atoms with Gasteiger partial charge in [0.1, 0.15) is 0 Å². The van der Waals surface area contributed by atoms with E-state index in [2.05, 4.69) is 16.3 Å². The van der Waals surface area contributed by atoms with Crippen molar-refractivity contribution in [1.82, 2.24) is 10.2 Å². The molecule has 1 aliphatic carbocycles. The highest BCUT2D eigenvalue weighted by Crippen LogP contribution is 2.42. The number of likely N-dealkylation sites (tertiary alicyclic amines) is 1. The Morgan fingerprint density at radius 2 is 1.88 bits per heavy atom. The molecule has 1 amide bonds. The third kappa shape index (κ3) is 3.89. The van der Waals surface area contributed by atoms with Crippen molar-refractivity contribution in [2.45, 2.75) is 56.4 Å². The van der Waals surface area contributed by atoms with Gasteiger partial charge in [0.15, 0.2) is 0 Å². The normalized spacial score (nSPS) is 21.2. The number of carbonyl (C=O) groups excluding carboxylic acids is 1. The van der Waals surface area contributed by atoms with Gasteiger partial charge >= 0.3 is 0 Å². The van der Waals surface area contributed by atoms with Crippen LogP contribution in [-0.2, 0) is 10.2 Å². The van der Waals surface area contributed by atoms with Crippen LogP contribution in [0, 0.1) is 0 Å². The van der Waals surface area contributed by atoms with Gasteiger partial charge in [-0.2, -0.15) is 0 Å². The third-order valence-corrected chi connectivity index (χ3v) is 5.92. The monoisotopic (exact) mass is 370 g/mol. The summed E-state index contributed by atoms with van der Waals surface area (Å²) in [6, 6.07) is 8.52. The molecule has 0 unspecified atom stereocenters. The van der Waals surface area contributed by atoms with Gasteiger partial charge in [-0.1, -0.05) is 43.0 Å². The quantitative estimate of drug-likeness (QED) is 0.865. The fourth-order valence-electron chi connectivity index (χ4n) is 4.24. The molecule has 1 saturated heterocycles. The first-order chi connectivity index (χ1) is 11.2. The van der Waals surface area contributed by atoms with Gasteiger partial charge in [0.2, 0.25) is 5.91 Å². The van der Waals surface area contributed by atoms with Gasteiger partial charge in [0.25, 0.3) is 0 Å². The Morgan fingerprint density at radius 1 is 1.21 bits per heavy atom. The van der Waals surface area contributed by atoms with E-state index in [4.69, 9.17) is 11.6 Å². The van der Waals surface area contributed by atoms with Crippen molar-refractivity contribution in [1.29, 1.82) is 0 Å². The smallest absolute Gasteiger partial charge is 0.233 e. The number of carbonyl (C=O) groups is 1. The maximum atomic E-state index is 13.4. The van der Waals surface area contributed by atoms with Gasteiger partial charge in [-0.05, 0) is 50.4 Å². The van der Waals surface area contributed by atoms with Gasteiger partial charge in [0, 0.05) is 24.2 Å². The molecule has 2 aliphatic rings. The minimum absolute atomic E-state index is 0. The Hall–Kier alpha value is -0.770. The fraction of sp³-hybridized carbons (Fsp3) is 0.632. The zero-order chi connectivity index (χ0) is 16.3. The zero-order valence-electron chi connectivity index (χ0n) is 14.4. The van der Waals surface area contributed by atoms with Crippen molar-refractivity contribution in [3.8, 4) is 0 Å². The van der Waals surface area contributed by atoms with E-state index in [9.17, 15) is 4.79 Å². The Kier molecular flexibility index (Phi) is 6.97. The van der Waals surface area contributed by atoms with E-state index in [0.29, 0.717) is 11.9 Å². The van der Waals surface area contributed by atoms with E-state index in [1.807, 2.05) is 25.2 Å². The molecule has 5 heteroatoms. The highest BCUT2D eigenvalue weighted by Gasteiger charge is 2.44. The lowest BCUT2D eigenvalue weighted by molar-refractivity contribution is -0.140. The number of piperidine rings is 1. The number of hydrogen-bond donors (Lipinski definition) is 1. The fourth-order valence-corrected chi connectivity index (χ4v) is 4.43. The van der Waals surface area contributed by atoms with Crippen molar-refractivity contribution < 1.29 is 4.79 Å². The van der Waals surface area contributed by atoms with Crippen LogP contribution in [0.1, 0.15) is 50.5 Å². The molecule has 1 saturated carbocycles. The standard InChI is InChI=1S/C19H27ClN2O.ClH/c1-21-17-8-12-22(13-9-17)18(23)19(10-3-2-4-11-19)15-6-5-7-16(20)14-15;/h5-7,14,17,21H,2-4,8-13H2,1H3;1H. The number of benzene rings is 1. The molecule has 0 spiro atoms. The molecule has 2 fully saturated rings. The summed E-state index contributed by atoms with van der Waals surface area (Å²) in [7, 11) is 2.01. The summed E-state index contributed by atoms with van der Waals surface area (Å²) in [5.74, 6) is 0.328. The predicted molar refractivity (Wildman–Crippen MR) is 102 cm³/mol. The van der Waals surface area contributed by atoms with E-state index in [1.54, 1.807) is 0 Å². The van der Waals surface area contributed by atoms with Crippen molar-refractivity contribution in [2.24, 2.45) is 0 Å². The molecule has 24 heavy (non-hydrogen) atoms. The molecule has 1 aromatic carbocycles. The van der Waals surface area contributed by atoms with E-state index in [1.165, 1.54) is 6.42 Å². The van der Waals surface area contributed by atoms with Crippen molar-refractivity contribution >= 4 is 29.9 Å². The number of hydrogen-bond acceptors (Lipinski definition) is 2. The van der Waals surface area contributed by atoms with Gasteiger partial charge < -0.3 is 10.2 Å². The predicted octanol–water partition coefficient (Wildman–Crippen LogP) is 4.17. The van der Waals surface area contributed by atoms with E-state index in [0.717, 1.165) is 62.2 Å².